The van der Waals surface area contributed by atoms with Gasteiger partial charge >= 0.3 is 0 Å². The van der Waals surface area contributed by atoms with Crippen LogP contribution in [0.4, 0.5) is 0 Å². The van der Waals surface area contributed by atoms with Crippen LogP contribution in [-0.4, -0.2) is 5.26 Å². The Labute approximate surface area is 30.6 Å². The highest BCUT2D eigenvalue weighted by molar-refractivity contribution is 4.75. The smallest absolute Gasteiger partial charge is 0.143 e. The maximum Gasteiger partial charge on any atom is 0.143 e. The van der Waals surface area contributed by atoms with Gasteiger partial charge in [0, 0.05) is 0 Å². The minimum atomic E-state index is 1.07. The zero-order valence-electron chi connectivity index (χ0n) is 2.72. The molecule has 0 aromatic rings. The zero-order valence-corrected chi connectivity index (χ0v) is 2.72. The van der Waals surface area contributed by atoms with Gasteiger partial charge in [0.1, 0.15) is 6.61 Å². The van der Waals surface area contributed by atoms with Gasteiger partial charge in [0.05, 0.1) is 0 Å². The summed E-state index contributed by atoms with van der Waals surface area (Å²) in [5, 5.41) is 7.44. The van der Waals surface area contributed by atoms with Crippen molar-refractivity contribution in [1.29, 1.82) is 0 Å². The molecule has 0 amide bonds. The van der Waals surface area contributed by atoms with Gasteiger partial charge < -0.3 is 0 Å². The minimum Gasteiger partial charge on any atom is -0.251 e. The summed E-state index contributed by atoms with van der Waals surface area (Å²) >= 11 is 0. The normalized spacial score (nSPS) is 7.40. The highest BCUT2D eigenvalue weighted by Gasteiger charge is 1.62. The van der Waals surface area contributed by atoms with Crippen molar-refractivity contribution >= 4 is 0 Å². The van der Waals surface area contributed by atoms with E-state index in [2.05, 4.69) is 11.5 Å². The van der Waals surface area contributed by atoms with E-state index in [-0.39, 0.29) is 0 Å². The summed E-state index contributed by atoms with van der Waals surface area (Å²) in [6, 6.07) is 0. The maximum atomic E-state index is 7.44. The monoisotopic (exact) mass is 73.0 g/mol. The van der Waals surface area contributed by atoms with Crippen LogP contribution < -0.4 is 0 Å². The summed E-state index contributed by atoms with van der Waals surface area (Å²) in [6.45, 7) is 4.28. The van der Waals surface area contributed by atoms with E-state index >= 15 is 0 Å². The van der Waals surface area contributed by atoms with Crippen molar-refractivity contribution in [2.75, 3.05) is 0 Å². The lowest BCUT2D eigenvalue weighted by Gasteiger charge is -1.75. The van der Waals surface area contributed by atoms with Crippen molar-refractivity contribution < 1.29 is 10.1 Å². The van der Waals surface area contributed by atoms with Crippen LogP contribution in [-0.2, 0) is 4.89 Å². The standard InChI is InChI=1S/C3H5O2/c1-2-3-5-4/h2-4H,1H2. The van der Waals surface area contributed by atoms with Gasteiger partial charge in [-0.1, -0.05) is 6.08 Å². The molecule has 0 fully saturated rings. The van der Waals surface area contributed by atoms with Crippen LogP contribution in [0.1, 0.15) is 0 Å². The zero-order chi connectivity index (χ0) is 4.12. The van der Waals surface area contributed by atoms with Crippen molar-refractivity contribution in [3.05, 3.63) is 19.3 Å². The van der Waals surface area contributed by atoms with E-state index in [4.69, 9.17) is 5.26 Å². The molecule has 5 heavy (non-hydrogen) atoms. The molecular formula is C3H5O2. The van der Waals surface area contributed by atoms with Crippen LogP contribution in [0.15, 0.2) is 12.7 Å². The van der Waals surface area contributed by atoms with Gasteiger partial charge in [0.2, 0.25) is 0 Å². The quantitative estimate of drug-likeness (QED) is 0.387. The van der Waals surface area contributed by atoms with Crippen molar-refractivity contribution in [1.82, 2.24) is 0 Å². The maximum absolute atomic E-state index is 7.44. The molecule has 0 aromatic carbocycles. The molecule has 0 aliphatic heterocycles. The molecule has 0 heterocycles. The lowest BCUT2D eigenvalue weighted by Crippen LogP contribution is -1.68. The third-order valence-corrected chi connectivity index (χ3v) is 0.157. The highest BCUT2D eigenvalue weighted by Crippen LogP contribution is 1.70. The molecular weight excluding hydrogens is 68.0 g/mol. The lowest BCUT2D eigenvalue weighted by atomic mass is 10.7. The van der Waals surface area contributed by atoms with Gasteiger partial charge in [-0.05, 0) is 0 Å². The molecule has 1 radical (unpaired) electrons. The molecule has 0 spiro atoms. The Morgan fingerprint density at radius 3 is 2.40 bits per heavy atom. The number of hydrogen-bond acceptors (Lipinski definition) is 2. The van der Waals surface area contributed by atoms with E-state index in [9.17, 15) is 0 Å². The molecule has 0 saturated carbocycles. The molecule has 0 bridgehead atoms. The second kappa shape index (κ2) is 3.66. The first-order chi connectivity index (χ1) is 2.41. The number of rotatable bonds is 2. The molecule has 2 heteroatoms. The molecule has 2 nitrogen and oxygen atoms in total. The van der Waals surface area contributed by atoms with Gasteiger partial charge in [0.15, 0.2) is 0 Å². The Hall–Kier alpha value is -0.340. The number of hydrogen-bond donors (Lipinski definition) is 1. The van der Waals surface area contributed by atoms with Crippen LogP contribution >= 0.6 is 0 Å². The summed E-state index contributed by atoms with van der Waals surface area (Å²) in [5.74, 6) is 0. The summed E-state index contributed by atoms with van der Waals surface area (Å²) in [6.07, 6.45) is 1.33. The Morgan fingerprint density at radius 2 is 2.40 bits per heavy atom. The second-order valence-corrected chi connectivity index (χ2v) is 0.477. The summed E-state index contributed by atoms with van der Waals surface area (Å²) in [7, 11) is 0. The second-order valence-electron chi connectivity index (χ2n) is 0.477. The van der Waals surface area contributed by atoms with Crippen molar-refractivity contribution in [2.24, 2.45) is 0 Å². The van der Waals surface area contributed by atoms with E-state index in [1.165, 1.54) is 6.08 Å². The van der Waals surface area contributed by atoms with E-state index in [1.807, 2.05) is 0 Å². The van der Waals surface area contributed by atoms with Crippen LogP contribution in [0.3, 0.4) is 0 Å². The Balaban J connectivity index is 2.40. The average Bonchev–Trinajstić information content (AvgIpc) is 1.41. The van der Waals surface area contributed by atoms with Gasteiger partial charge in [-0.2, -0.15) is 0 Å². The summed E-state index contributed by atoms with van der Waals surface area (Å²) in [5.41, 5.74) is 0. The first kappa shape index (κ1) is 4.66. The Bertz CT molecular complexity index is 26.1. The predicted molar refractivity (Wildman–Crippen MR) is 18.2 cm³/mol. The molecule has 0 atom stereocenters. The van der Waals surface area contributed by atoms with Crippen molar-refractivity contribution in [2.45, 2.75) is 0 Å². The van der Waals surface area contributed by atoms with E-state index in [0.717, 1.165) is 6.61 Å². The average molecular weight is 73.1 g/mol. The fourth-order valence-electron chi connectivity index (χ4n) is 0.0430. The van der Waals surface area contributed by atoms with Crippen LogP contribution in [0.5, 0.6) is 0 Å². The van der Waals surface area contributed by atoms with Crippen LogP contribution in [0.25, 0.3) is 0 Å². The summed E-state index contributed by atoms with van der Waals surface area (Å²) in [4.78, 5) is 3.45. The Morgan fingerprint density at radius 1 is 1.80 bits per heavy atom. The van der Waals surface area contributed by atoms with Crippen molar-refractivity contribution in [3.63, 3.8) is 0 Å². The lowest BCUT2D eigenvalue weighted by molar-refractivity contribution is -0.204. The molecule has 0 aliphatic carbocycles. The predicted octanol–water partition coefficient (Wildman–Crippen LogP) is 0.824. The van der Waals surface area contributed by atoms with E-state index in [0.29, 0.717) is 0 Å². The van der Waals surface area contributed by atoms with E-state index < -0.39 is 0 Å². The molecule has 0 saturated heterocycles. The molecule has 29 valence electrons. The minimum absolute atomic E-state index is 1.07. The third kappa shape index (κ3) is 3.66. The van der Waals surface area contributed by atoms with Gasteiger partial charge in [0.25, 0.3) is 0 Å². The topological polar surface area (TPSA) is 29.5 Å². The van der Waals surface area contributed by atoms with Gasteiger partial charge in [-0.3, -0.25) is 5.26 Å². The Kier molecular flexibility index (Phi) is 3.41. The van der Waals surface area contributed by atoms with Crippen LogP contribution in [0.2, 0.25) is 0 Å². The largest absolute Gasteiger partial charge is 0.251 e. The molecule has 0 rings (SSSR count). The highest BCUT2D eigenvalue weighted by atomic mass is 17.1. The molecule has 0 aliphatic rings. The first-order valence-corrected chi connectivity index (χ1v) is 1.16. The van der Waals surface area contributed by atoms with Gasteiger partial charge in [-0.15, -0.1) is 6.58 Å². The van der Waals surface area contributed by atoms with Crippen molar-refractivity contribution in [3.8, 4) is 0 Å². The van der Waals surface area contributed by atoms with Crippen LogP contribution in [0, 0.1) is 6.61 Å². The fraction of sp³-hybridized carbons (Fsp3) is 0. The first-order valence-electron chi connectivity index (χ1n) is 1.16. The summed E-state index contributed by atoms with van der Waals surface area (Å²) < 4.78 is 0. The molecule has 1 N–H and O–H groups in total. The third-order valence-electron chi connectivity index (χ3n) is 0.157. The van der Waals surface area contributed by atoms with Gasteiger partial charge in [-0.25, -0.2) is 4.89 Å². The molecule has 0 aromatic heterocycles. The van der Waals surface area contributed by atoms with E-state index in [1.54, 1.807) is 0 Å². The molecule has 0 unspecified atom stereocenters. The SMILES string of the molecule is C=C[CH]OO. The fourth-order valence-corrected chi connectivity index (χ4v) is 0.0430.